The highest BCUT2D eigenvalue weighted by Gasteiger charge is 2.03. The van der Waals surface area contributed by atoms with Crippen LogP contribution >= 0.6 is 0 Å². The highest BCUT2D eigenvalue weighted by atomic mass is 19.1. The first-order valence-electron chi connectivity index (χ1n) is 6.58. The van der Waals surface area contributed by atoms with E-state index in [0.717, 1.165) is 22.5 Å². The van der Waals surface area contributed by atoms with Crippen molar-refractivity contribution in [1.82, 2.24) is 5.16 Å². The van der Waals surface area contributed by atoms with Gasteiger partial charge in [0.05, 0.1) is 0 Å². The Morgan fingerprint density at radius 1 is 1.05 bits per heavy atom. The molecule has 105 valence electrons. The maximum atomic E-state index is 12.8. The molecule has 3 aromatic rings. The van der Waals surface area contributed by atoms with Gasteiger partial charge in [0.1, 0.15) is 17.3 Å². The van der Waals surface area contributed by atoms with Crippen LogP contribution in [0, 0.1) is 12.7 Å². The van der Waals surface area contributed by atoms with Crippen LogP contribution in [0.25, 0.3) is 11.3 Å². The van der Waals surface area contributed by atoms with E-state index in [4.69, 9.17) is 4.52 Å². The van der Waals surface area contributed by atoms with Crippen LogP contribution in [0.2, 0.25) is 0 Å². The predicted molar refractivity (Wildman–Crippen MR) is 80.1 cm³/mol. The lowest BCUT2D eigenvalue weighted by atomic mass is 10.1. The fourth-order valence-corrected chi connectivity index (χ4v) is 2.01. The maximum Gasteiger partial charge on any atom is 0.137 e. The predicted octanol–water partition coefficient (Wildman–Crippen LogP) is 4.27. The summed E-state index contributed by atoms with van der Waals surface area (Å²) in [6.45, 7) is 4.33. The summed E-state index contributed by atoms with van der Waals surface area (Å²) in [5, 5.41) is 7.21. The molecule has 3 nitrogen and oxygen atoms in total. The van der Waals surface area contributed by atoms with Crippen LogP contribution in [0.3, 0.4) is 0 Å². The number of aromatic nitrogens is 1. The van der Waals surface area contributed by atoms with Crippen LogP contribution in [0.4, 0.5) is 10.1 Å². The maximum absolute atomic E-state index is 12.8. The summed E-state index contributed by atoms with van der Waals surface area (Å²) >= 11 is 0. The summed E-state index contributed by atoms with van der Waals surface area (Å²) < 4.78 is 17.8. The van der Waals surface area contributed by atoms with Gasteiger partial charge in [-0.25, -0.2) is 4.39 Å². The van der Waals surface area contributed by atoms with Crippen molar-refractivity contribution in [1.29, 1.82) is 0 Å². The van der Waals surface area contributed by atoms with E-state index in [1.54, 1.807) is 18.2 Å². The third kappa shape index (κ3) is 3.28. The van der Waals surface area contributed by atoms with Crippen LogP contribution in [-0.2, 0) is 6.54 Å². The van der Waals surface area contributed by atoms with Gasteiger partial charge in [-0.2, -0.15) is 0 Å². The first kappa shape index (κ1) is 13.4. The van der Waals surface area contributed by atoms with Crippen LogP contribution in [0.1, 0.15) is 11.3 Å². The molecule has 0 spiro atoms. The Morgan fingerprint density at radius 2 is 1.76 bits per heavy atom. The number of nitrogens with one attached hydrogen (secondary N) is 1. The Balaban J connectivity index is 1.65. The van der Waals surface area contributed by atoms with Gasteiger partial charge < -0.3 is 9.84 Å². The summed E-state index contributed by atoms with van der Waals surface area (Å²) in [5.74, 6) is 0.323. The molecule has 3 rings (SSSR count). The Bertz CT molecular complexity index is 717. The van der Waals surface area contributed by atoms with E-state index >= 15 is 0 Å². The van der Waals surface area contributed by atoms with Gasteiger partial charge in [0.25, 0.3) is 0 Å². The number of hydrogen-bond donors (Lipinski definition) is 1. The second-order valence-electron chi connectivity index (χ2n) is 4.74. The highest BCUT2D eigenvalue weighted by Crippen LogP contribution is 2.21. The second kappa shape index (κ2) is 5.79. The van der Waals surface area contributed by atoms with E-state index in [1.165, 1.54) is 12.1 Å². The topological polar surface area (TPSA) is 38.1 Å². The normalized spacial score (nSPS) is 10.6. The summed E-state index contributed by atoms with van der Waals surface area (Å²) in [7, 11) is 0. The smallest absolute Gasteiger partial charge is 0.137 e. The molecule has 0 saturated heterocycles. The molecular weight excluding hydrogens is 267 g/mol. The van der Waals surface area contributed by atoms with E-state index in [-0.39, 0.29) is 5.82 Å². The lowest BCUT2D eigenvalue weighted by Crippen LogP contribution is -1.99. The van der Waals surface area contributed by atoms with Crippen molar-refractivity contribution in [2.45, 2.75) is 6.54 Å². The van der Waals surface area contributed by atoms with Crippen LogP contribution in [0.5, 0.6) is 0 Å². The molecule has 21 heavy (non-hydrogen) atoms. The van der Waals surface area contributed by atoms with Crippen molar-refractivity contribution >= 4 is 5.69 Å². The molecule has 0 aliphatic rings. The van der Waals surface area contributed by atoms with Gasteiger partial charge in [-0.3, -0.25) is 0 Å². The van der Waals surface area contributed by atoms with E-state index in [2.05, 4.69) is 17.4 Å². The number of rotatable bonds is 4. The zero-order valence-electron chi connectivity index (χ0n) is 11.3. The lowest BCUT2D eigenvalue weighted by molar-refractivity contribution is 0.409. The molecule has 0 fully saturated rings. The van der Waals surface area contributed by atoms with Crippen molar-refractivity contribution in [3.63, 3.8) is 0 Å². The average Bonchev–Trinajstić information content (AvgIpc) is 2.94. The highest BCUT2D eigenvalue weighted by molar-refractivity contribution is 5.62. The molecule has 0 atom stereocenters. The summed E-state index contributed by atoms with van der Waals surface area (Å²) in [6, 6.07) is 16.1. The fourth-order valence-electron chi connectivity index (χ4n) is 2.01. The quantitative estimate of drug-likeness (QED) is 0.776. The number of hydrogen-bond acceptors (Lipinski definition) is 3. The number of halogens is 1. The second-order valence-corrected chi connectivity index (χ2v) is 4.74. The van der Waals surface area contributed by atoms with Gasteiger partial charge in [0.2, 0.25) is 0 Å². The molecule has 4 heteroatoms. The molecule has 1 N–H and O–H groups in total. The molecule has 0 unspecified atom stereocenters. The zero-order valence-corrected chi connectivity index (χ0v) is 11.3. The van der Waals surface area contributed by atoms with Gasteiger partial charge in [-0.1, -0.05) is 29.4 Å². The number of anilines is 1. The zero-order chi connectivity index (χ0) is 14.7. The molecular formula is C17H14FN2O. The molecule has 1 heterocycles. The minimum absolute atomic E-state index is 0.222. The van der Waals surface area contributed by atoms with Crippen molar-refractivity contribution in [3.05, 3.63) is 78.7 Å². The monoisotopic (exact) mass is 281 g/mol. The first-order chi connectivity index (χ1) is 10.2. The van der Waals surface area contributed by atoms with Crippen LogP contribution < -0.4 is 5.32 Å². The Hall–Kier alpha value is -2.62. The SMILES string of the molecule is [CH2]c1cc(-c2ccc(NCc3ccc(F)cc3)cc2)no1. The van der Waals surface area contributed by atoms with E-state index in [9.17, 15) is 4.39 Å². The third-order valence-electron chi connectivity index (χ3n) is 3.15. The molecule has 0 aliphatic heterocycles. The summed E-state index contributed by atoms with van der Waals surface area (Å²) in [4.78, 5) is 0. The van der Waals surface area contributed by atoms with Gasteiger partial charge >= 0.3 is 0 Å². The molecule has 1 aromatic heterocycles. The molecule has 0 bridgehead atoms. The van der Waals surface area contributed by atoms with Crippen molar-refractivity contribution in [2.75, 3.05) is 5.32 Å². The first-order valence-corrected chi connectivity index (χ1v) is 6.58. The lowest BCUT2D eigenvalue weighted by Gasteiger charge is -2.07. The third-order valence-corrected chi connectivity index (χ3v) is 3.15. The standard InChI is InChI=1S/C17H14FN2O/c1-12-10-17(20-21-12)14-4-8-16(9-5-14)19-11-13-2-6-15(18)7-3-13/h2-10,19H,1,11H2. The van der Waals surface area contributed by atoms with E-state index in [1.807, 2.05) is 24.3 Å². The Labute approximate surface area is 122 Å². The van der Waals surface area contributed by atoms with Crippen molar-refractivity contribution in [3.8, 4) is 11.3 Å². The van der Waals surface area contributed by atoms with Gasteiger partial charge in [-0.15, -0.1) is 0 Å². The number of benzene rings is 2. The summed E-state index contributed by atoms with van der Waals surface area (Å²) in [6.07, 6.45) is 0. The van der Waals surface area contributed by atoms with Gasteiger partial charge in [0, 0.05) is 30.8 Å². The van der Waals surface area contributed by atoms with Crippen LogP contribution in [0.15, 0.2) is 59.1 Å². The molecule has 2 aromatic carbocycles. The Kier molecular flexibility index (Phi) is 3.69. The Morgan fingerprint density at radius 3 is 2.38 bits per heavy atom. The summed E-state index contributed by atoms with van der Waals surface area (Å²) in [5.41, 5.74) is 3.76. The molecule has 0 amide bonds. The number of nitrogens with zero attached hydrogens (tertiary/aromatic N) is 1. The fraction of sp³-hybridized carbons (Fsp3) is 0.0588. The van der Waals surface area contributed by atoms with Crippen molar-refractivity contribution in [2.24, 2.45) is 0 Å². The van der Waals surface area contributed by atoms with E-state index < -0.39 is 0 Å². The molecule has 1 radical (unpaired) electrons. The minimum atomic E-state index is -0.222. The molecule has 0 saturated carbocycles. The average molecular weight is 281 g/mol. The van der Waals surface area contributed by atoms with Crippen LogP contribution in [-0.4, -0.2) is 5.16 Å². The van der Waals surface area contributed by atoms with Gasteiger partial charge in [0.15, 0.2) is 0 Å². The largest absolute Gasteiger partial charge is 0.381 e. The minimum Gasteiger partial charge on any atom is -0.381 e. The van der Waals surface area contributed by atoms with E-state index in [0.29, 0.717) is 12.3 Å². The molecule has 0 aliphatic carbocycles. The van der Waals surface area contributed by atoms with Crippen molar-refractivity contribution < 1.29 is 8.91 Å². The van der Waals surface area contributed by atoms with Gasteiger partial charge in [-0.05, 0) is 29.8 Å².